The van der Waals surface area contributed by atoms with Gasteiger partial charge in [-0.25, -0.2) is 0 Å². The van der Waals surface area contributed by atoms with Gasteiger partial charge in [0.05, 0.1) is 11.5 Å². The Morgan fingerprint density at radius 2 is 1.43 bits per heavy atom. The van der Waals surface area contributed by atoms with Crippen LogP contribution in [0, 0.1) is 11.8 Å². The van der Waals surface area contributed by atoms with Gasteiger partial charge in [0.15, 0.2) is 12.0 Å². The lowest BCUT2D eigenvalue weighted by atomic mass is 9.72. The highest BCUT2D eigenvalue weighted by Gasteiger charge is 2.64. The molecule has 7 atom stereocenters. The van der Waals surface area contributed by atoms with E-state index in [0.717, 1.165) is 51.4 Å². The highest BCUT2D eigenvalue weighted by atomic mass is 16.6. The normalized spacial score (nSPS) is 29.4. The van der Waals surface area contributed by atoms with E-state index in [-0.39, 0.29) is 23.7 Å². The third kappa shape index (κ3) is 6.20. The zero-order valence-corrected chi connectivity index (χ0v) is 37.5. The molecule has 4 heteroatoms. The lowest BCUT2D eigenvalue weighted by Crippen LogP contribution is -2.44. The van der Waals surface area contributed by atoms with Gasteiger partial charge in [0.25, 0.3) is 0 Å². The van der Waals surface area contributed by atoms with Crippen molar-refractivity contribution in [2.24, 2.45) is 11.8 Å². The van der Waals surface area contributed by atoms with Crippen molar-refractivity contribution >= 4 is 16.9 Å². The molecule has 5 aromatic rings. The number of anilines is 2. The third-order valence-electron chi connectivity index (χ3n) is 16.1. The summed E-state index contributed by atoms with van der Waals surface area (Å²) in [6, 6.07) is 47.3. The largest absolute Gasteiger partial charge is 0.473 e. The van der Waals surface area contributed by atoms with E-state index in [0.29, 0.717) is 11.8 Å². The van der Waals surface area contributed by atoms with Crippen LogP contribution in [0.3, 0.4) is 0 Å². The van der Waals surface area contributed by atoms with Crippen LogP contribution in [0.25, 0.3) is 27.8 Å². The molecule has 0 N–H and O–H groups in total. The highest BCUT2D eigenvalue weighted by Crippen LogP contribution is 2.65. The third-order valence-corrected chi connectivity index (χ3v) is 16.1. The first-order chi connectivity index (χ1) is 31.9. The quantitative estimate of drug-likeness (QED) is 0.159. The van der Waals surface area contributed by atoms with Gasteiger partial charge in [-0.05, 0) is 145 Å². The molecule has 4 nitrogen and oxygen atoms in total. The number of fused-ring (bicyclic) bond motifs is 8. The second-order valence-electron chi connectivity index (χ2n) is 19.9. The summed E-state index contributed by atoms with van der Waals surface area (Å²) in [5.41, 5.74) is 17.7. The van der Waals surface area contributed by atoms with Crippen LogP contribution in [-0.2, 0) is 9.47 Å². The Morgan fingerprint density at radius 3 is 2.28 bits per heavy atom. The minimum Gasteiger partial charge on any atom is -0.473 e. The number of nitrogens with zero attached hydrogens (tertiary/aromatic N) is 2. The van der Waals surface area contributed by atoms with Gasteiger partial charge in [0, 0.05) is 52.5 Å². The second kappa shape index (κ2) is 15.1. The molecule has 322 valence electrons. The molecule has 0 bridgehead atoms. The second-order valence-corrected chi connectivity index (χ2v) is 19.9. The molecule has 0 aromatic heterocycles. The van der Waals surface area contributed by atoms with Gasteiger partial charge in [-0.3, -0.25) is 0 Å². The Morgan fingerprint density at radius 1 is 0.662 bits per heavy atom. The number of allylic oxidation sites excluding steroid dienone is 10. The SMILES string of the molecule is CC12CCC=CC1C1c3cc(-c4ccc(C5C=CC6=C(CC5)C5C7=C(CCC=C7)OC5N6C5=CC(c6ccccc6)=CCC5)cc4)ccc3N(c3cccc(-c4ccccc4)c3)C1(C)O2. The first-order valence-electron chi connectivity index (χ1n) is 24.2. The Hall–Kier alpha value is -6.36. The van der Waals surface area contributed by atoms with Crippen LogP contribution in [0.5, 0.6) is 0 Å². The molecule has 4 heterocycles. The Labute approximate surface area is 384 Å². The van der Waals surface area contributed by atoms with E-state index < -0.39 is 5.72 Å². The summed E-state index contributed by atoms with van der Waals surface area (Å²) in [7, 11) is 0. The number of ether oxygens (including phenoxy) is 2. The van der Waals surface area contributed by atoms with E-state index in [1.165, 1.54) is 78.6 Å². The smallest absolute Gasteiger partial charge is 0.186 e. The summed E-state index contributed by atoms with van der Waals surface area (Å²) in [5.74, 6) is 2.33. The molecule has 0 spiro atoms. The topological polar surface area (TPSA) is 24.9 Å². The molecular formula is C61H56N2O2. The fourth-order valence-electron chi connectivity index (χ4n) is 13.1. The van der Waals surface area contributed by atoms with Crippen molar-refractivity contribution in [3.05, 3.63) is 221 Å². The van der Waals surface area contributed by atoms with Crippen LogP contribution >= 0.6 is 0 Å². The van der Waals surface area contributed by atoms with E-state index in [1.54, 1.807) is 5.57 Å². The minimum atomic E-state index is -0.519. The van der Waals surface area contributed by atoms with Gasteiger partial charge < -0.3 is 19.3 Å². The maximum Gasteiger partial charge on any atom is 0.186 e. The zero-order valence-electron chi connectivity index (χ0n) is 37.5. The van der Waals surface area contributed by atoms with Crippen LogP contribution in [0.1, 0.15) is 93.7 Å². The van der Waals surface area contributed by atoms with Gasteiger partial charge >= 0.3 is 0 Å². The van der Waals surface area contributed by atoms with Crippen molar-refractivity contribution in [3.63, 3.8) is 0 Å². The molecule has 8 aliphatic rings. The van der Waals surface area contributed by atoms with Crippen LogP contribution in [0.15, 0.2) is 204 Å². The molecule has 1 saturated heterocycles. The van der Waals surface area contributed by atoms with Crippen molar-refractivity contribution in [1.82, 2.24) is 4.90 Å². The van der Waals surface area contributed by atoms with Crippen LogP contribution in [0.4, 0.5) is 11.4 Å². The van der Waals surface area contributed by atoms with E-state index in [1.807, 2.05) is 0 Å². The monoisotopic (exact) mass is 848 g/mol. The maximum atomic E-state index is 7.38. The van der Waals surface area contributed by atoms with E-state index in [9.17, 15) is 0 Å². The van der Waals surface area contributed by atoms with Gasteiger partial charge in [-0.2, -0.15) is 0 Å². The van der Waals surface area contributed by atoms with Crippen LogP contribution < -0.4 is 4.90 Å². The highest BCUT2D eigenvalue weighted by molar-refractivity contribution is 5.81. The summed E-state index contributed by atoms with van der Waals surface area (Å²) in [6.45, 7) is 4.69. The Balaban J connectivity index is 0.816. The summed E-state index contributed by atoms with van der Waals surface area (Å²) in [6.07, 6.45) is 27.7. The average Bonchev–Trinajstić information content (AvgIpc) is 3.97. The van der Waals surface area contributed by atoms with Crippen molar-refractivity contribution < 1.29 is 9.47 Å². The Bertz CT molecular complexity index is 2950. The number of benzene rings is 5. The lowest BCUT2D eigenvalue weighted by molar-refractivity contribution is -0.0924. The van der Waals surface area contributed by atoms with Crippen molar-refractivity contribution in [2.75, 3.05) is 4.90 Å². The molecule has 13 rings (SSSR count). The molecule has 5 aromatic carbocycles. The summed E-state index contributed by atoms with van der Waals surface area (Å²) >= 11 is 0. The van der Waals surface area contributed by atoms with Gasteiger partial charge in [-0.15, -0.1) is 0 Å². The average molecular weight is 849 g/mol. The zero-order chi connectivity index (χ0) is 43.3. The molecule has 65 heavy (non-hydrogen) atoms. The van der Waals surface area contributed by atoms with Crippen LogP contribution in [0.2, 0.25) is 0 Å². The summed E-state index contributed by atoms with van der Waals surface area (Å²) in [5, 5.41) is 0. The molecule has 0 saturated carbocycles. The van der Waals surface area contributed by atoms with Crippen molar-refractivity contribution in [2.45, 2.75) is 94.6 Å². The first kappa shape index (κ1) is 39.0. The first-order valence-corrected chi connectivity index (χ1v) is 24.2. The van der Waals surface area contributed by atoms with E-state index >= 15 is 0 Å². The molecule has 4 aliphatic heterocycles. The van der Waals surface area contributed by atoms with Gasteiger partial charge in [0.1, 0.15) is 5.76 Å². The molecule has 0 radical (unpaired) electrons. The van der Waals surface area contributed by atoms with E-state index in [2.05, 4.69) is 200 Å². The predicted molar refractivity (Wildman–Crippen MR) is 264 cm³/mol. The number of hydrogen-bond donors (Lipinski definition) is 0. The fourth-order valence-corrected chi connectivity index (χ4v) is 13.1. The lowest BCUT2D eigenvalue weighted by Gasteiger charge is -2.39. The molecule has 1 fully saturated rings. The summed E-state index contributed by atoms with van der Waals surface area (Å²) < 4.78 is 14.3. The number of hydrogen-bond acceptors (Lipinski definition) is 4. The summed E-state index contributed by atoms with van der Waals surface area (Å²) in [4.78, 5) is 5.10. The number of rotatable bonds is 6. The van der Waals surface area contributed by atoms with Gasteiger partial charge in [-0.1, -0.05) is 140 Å². The minimum absolute atomic E-state index is 0.00463. The Kier molecular flexibility index (Phi) is 9.07. The van der Waals surface area contributed by atoms with E-state index in [4.69, 9.17) is 9.47 Å². The van der Waals surface area contributed by atoms with Gasteiger partial charge in [0.2, 0.25) is 0 Å². The van der Waals surface area contributed by atoms with Crippen LogP contribution in [-0.4, -0.2) is 22.5 Å². The van der Waals surface area contributed by atoms with Crippen molar-refractivity contribution in [1.29, 1.82) is 0 Å². The predicted octanol–water partition coefficient (Wildman–Crippen LogP) is 15.1. The fraction of sp³-hybridized carbons (Fsp3) is 0.279. The molecule has 4 aliphatic carbocycles. The molecule has 7 unspecified atom stereocenters. The maximum absolute atomic E-state index is 7.38. The van der Waals surface area contributed by atoms with Crippen molar-refractivity contribution in [3.8, 4) is 22.3 Å². The molecule has 0 amide bonds. The standard InChI is InChI=1S/C61H56N2O2/c1-60-36-12-11-24-53(60)58-52-39-47(32-35-55(52)63(61(58,2)65-60)49-22-14-20-46(38-49)41-17-7-4-8-18-41)44-28-26-42(27-29-44)43-30-33-50-54(34-31-43)62(59-57(50)51-23-9-10-25-56(51)64-59)48-21-13-19-45(37-48)40-15-5-3-6-16-40/h3-9,11,14-20,22-24,26-29,31-32,34-35,37-39,43,53,57-59H,10,12-13,21,25,30,33,36H2,1-2H3. The molecular weight excluding hydrogens is 793 g/mol.